The normalized spacial score (nSPS) is 11.0. The van der Waals surface area contributed by atoms with Gasteiger partial charge in [0.25, 0.3) is 0 Å². The van der Waals surface area contributed by atoms with Crippen molar-refractivity contribution in [1.29, 1.82) is 0 Å². The van der Waals surface area contributed by atoms with E-state index >= 15 is 0 Å². The lowest BCUT2D eigenvalue weighted by atomic mass is 10.1. The van der Waals surface area contributed by atoms with Crippen LogP contribution >= 0.6 is 0 Å². The molecule has 0 saturated heterocycles. The van der Waals surface area contributed by atoms with E-state index in [4.69, 9.17) is 23.7 Å². The third-order valence-corrected chi connectivity index (χ3v) is 5.25. The number of aliphatic imine (C=N–C) groups is 1. The van der Waals surface area contributed by atoms with Gasteiger partial charge in [0.05, 0.1) is 41.2 Å². The molecule has 0 unspecified atom stereocenters. The minimum atomic E-state index is -0.0619. The molecule has 35 heavy (non-hydrogen) atoms. The van der Waals surface area contributed by atoms with Gasteiger partial charge in [0, 0.05) is 18.2 Å². The number of ether oxygens (including phenoxy) is 5. The number of Topliss-reactive ketones (excluding diaryl/α,β-unsaturated/α-hetero) is 1. The van der Waals surface area contributed by atoms with E-state index in [0.29, 0.717) is 34.3 Å². The van der Waals surface area contributed by atoms with E-state index in [-0.39, 0.29) is 12.2 Å². The molecule has 0 radical (unpaired) electrons. The Morgan fingerprint density at radius 1 is 0.714 bits per heavy atom. The van der Waals surface area contributed by atoms with Crippen molar-refractivity contribution in [2.24, 2.45) is 4.99 Å². The van der Waals surface area contributed by atoms with Crippen LogP contribution in [-0.4, -0.2) is 47.5 Å². The number of rotatable bonds is 11. The first-order chi connectivity index (χ1) is 17.0. The molecular formula is C28H29NO6. The number of nitrogens with zero attached hydrogens (tertiary/aromatic N) is 1. The van der Waals surface area contributed by atoms with E-state index in [1.807, 2.05) is 48.6 Å². The summed E-state index contributed by atoms with van der Waals surface area (Å²) in [5.74, 6) is 2.75. The van der Waals surface area contributed by atoms with Gasteiger partial charge in [0.2, 0.25) is 5.75 Å². The smallest absolute Gasteiger partial charge is 0.203 e. The lowest BCUT2D eigenvalue weighted by molar-refractivity contribution is 0.100. The highest BCUT2D eigenvalue weighted by Gasteiger charge is 2.12. The van der Waals surface area contributed by atoms with Gasteiger partial charge in [-0.3, -0.25) is 9.79 Å². The van der Waals surface area contributed by atoms with Crippen molar-refractivity contribution in [3.05, 3.63) is 71.3 Å². The van der Waals surface area contributed by atoms with Gasteiger partial charge in [-0.25, -0.2) is 0 Å². The zero-order chi connectivity index (χ0) is 25.2. The molecule has 7 nitrogen and oxygen atoms in total. The second kappa shape index (κ2) is 12.3. The number of methoxy groups -OCH3 is 5. The highest BCUT2D eigenvalue weighted by Crippen LogP contribution is 2.38. The fraction of sp³-hybridized carbons (Fsp3) is 0.214. The molecule has 0 atom stereocenters. The second-order valence-electron chi connectivity index (χ2n) is 7.40. The molecule has 0 saturated carbocycles. The van der Waals surface area contributed by atoms with Crippen LogP contribution < -0.4 is 23.7 Å². The standard InChI is InChI=1S/C28H29NO6/c1-31-24-12-11-21(18-25(24)32-2)23(30)13-14-29-22-8-6-7-19(15-22)9-10-20-16-26(33-3)28(35-5)27(17-20)34-4/h6-12,14-18H,13H2,1-5H3/b10-9-,29-14?. The summed E-state index contributed by atoms with van der Waals surface area (Å²) < 4.78 is 26.7. The molecule has 0 spiro atoms. The lowest BCUT2D eigenvalue weighted by Gasteiger charge is -2.12. The maximum Gasteiger partial charge on any atom is 0.203 e. The van der Waals surface area contributed by atoms with E-state index in [2.05, 4.69) is 4.99 Å². The van der Waals surface area contributed by atoms with Crippen molar-refractivity contribution >= 4 is 29.8 Å². The Hall–Kier alpha value is -4.26. The molecule has 7 heteroatoms. The highest BCUT2D eigenvalue weighted by molar-refractivity contribution is 6.04. The first-order valence-corrected chi connectivity index (χ1v) is 10.9. The van der Waals surface area contributed by atoms with Gasteiger partial charge < -0.3 is 23.7 Å². The van der Waals surface area contributed by atoms with Gasteiger partial charge in [-0.05, 0) is 53.6 Å². The van der Waals surface area contributed by atoms with Crippen LogP contribution in [0.5, 0.6) is 28.7 Å². The van der Waals surface area contributed by atoms with Gasteiger partial charge in [0.15, 0.2) is 28.8 Å². The number of ketones is 1. The summed E-state index contributed by atoms with van der Waals surface area (Å²) in [6.45, 7) is 0. The molecule has 3 aromatic carbocycles. The van der Waals surface area contributed by atoms with E-state index in [0.717, 1.165) is 16.8 Å². The Morgan fingerprint density at radius 3 is 2.00 bits per heavy atom. The lowest BCUT2D eigenvalue weighted by Crippen LogP contribution is -2.01. The molecule has 3 rings (SSSR count). The summed E-state index contributed by atoms with van der Waals surface area (Å²) >= 11 is 0. The molecule has 0 amide bonds. The molecule has 0 N–H and O–H groups in total. The third kappa shape index (κ3) is 6.41. The Kier molecular flexibility index (Phi) is 8.89. The number of carbonyl (C=O) groups is 1. The van der Waals surface area contributed by atoms with Crippen LogP contribution in [0, 0.1) is 0 Å². The van der Waals surface area contributed by atoms with E-state index in [1.54, 1.807) is 52.9 Å². The van der Waals surface area contributed by atoms with Crippen molar-refractivity contribution in [1.82, 2.24) is 0 Å². The van der Waals surface area contributed by atoms with Crippen molar-refractivity contribution in [2.45, 2.75) is 6.42 Å². The average molecular weight is 476 g/mol. The van der Waals surface area contributed by atoms with Crippen LogP contribution in [0.25, 0.3) is 12.2 Å². The molecular weight excluding hydrogens is 446 g/mol. The Balaban J connectivity index is 1.71. The second-order valence-corrected chi connectivity index (χ2v) is 7.40. The van der Waals surface area contributed by atoms with Crippen LogP contribution in [0.4, 0.5) is 5.69 Å². The first-order valence-electron chi connectivity index (χ1n) is 10.9. The predicted octanol–water partition coefficient (Wildman–Crippen LogP) is 5.88. The SMILES string of the molecule is COc1ccc(C(=O)CC=Nc2cccc(/C=C\c3cc(OC)c(OC)c(OC)c3)c2)cc1OC. The molecule has 0 aliphatic heterocycles. The van der Waals surface area contributed by atoms with Gasteiger partial charge in [-0.15, -0.1) is 0 Å². The monoisotopic (exact) mass is 475 g/mol. The van der Waals surface area contributed by atoms with Gasteiger partial charge in [-0.2, -0.15) is 0 Å². The maximum absolute atomic E-state index is 12.6. The zero-order valence-electron chi connectivity index (χ0n) is 20.5. The number of benzene rings is 3. The topological polar surface area (TPSA) is 75.6 Å². The van der Waals surface area contributed by atoms with E-state index < -0.39 is 0 Å². The molecule has 0 fully saturated rings. The van der Waals surface area contributed by atoms with Crippen molar-refractivity contribution in [3.8, 4) is 28.7 Å². The average Bonchev–Trinajstić information content (AvgIpc) is 2.90. The van der Waals surface area contributed by atoms with Gasteiger partial charge >= 0.3 is 0 Å². The van der Waals surface area contributed by atoms with Crippen molar-refractivity contribution < 1.29 is 28.5 Å². The molecule has 0 aliphatic rings. The van der Waals surface area contributed by atoms with E-state index in [1.165, 1.54) is 7.11 Å². The maximum atomic E-state index is 12.6. The van der Waals surface area contributed by atoms with Crippen LogP contribution in [0.3, 0.4) is 0 Å². The summed E-state index contributed by atoms with van der Waals surface area (Å²) in [6, 6.07) is 16.6. The largest absolute Gasteiger partial charge is 0.493 e. The molecule has 0 aromatic heterocycles. The molecule has 0 bridgehead atoms. The summed E-state index contributed by atoms with van der Waals surface area (Å²) in [5.41, 5.74) is 3.14. The van der Waals surface area contributed by atoms with Crippen LogP contribution in [0.15, 0.2) is 59.6 Å². The van der Waals surface area contributed by atoms with Gasteiger partial charge in [-0.1, -0.05) is 24.3 Å². The zero-order valence-corrected chi connectivity index (χ0v) is 20.5. The molecule has 0 aliphatic carbocycles. The Morgan fingerprint density at radius 2 is 1.37 bits per heavy atom. The summed E-state index contributed by atoms with van der Waals surface area (Å²) in [7, 11) is 7.84. The van der Waals surface area contributed by atoms with Crippen LogP contribution in [0.1, 0.15) is 27.9 Å². The number of hydrogen-bond acceptors (Lipinski definition) is 7. The quantitative estimate of drug-likeness (QED) is 0.196. The van der Waals surface area contributed by atoms with E-state index in [9.17, 15) is 4.79 Å². The molecule has 3 aromatic rings. The fourth-order valence-corrected chi connectivity index (χ4v) is 3.46. The highest BCUT2D eigenvalue weighted by atomic mass is 16.5. The summed E-state index contributed by atoms with van der Waals surface area (Å²) in [5, 5.41) is 0. The molecule has 0 heterocycles. The van der Waals surface area contributed by atoms with Crippen molar-refractivity contribution in [3.63, 3.8) is 0 Å². The van der Waals surface area contributed by atoms with Crippen LogP contribution in [-0.2, 0) is 0 Å². The Labute approximate surface area is 205 Å². The molecule has 182 valence electrons. The summed E-state index contributed by atoms with van der Waals surface area (Å²) in [4.78, 5) is 17.0. The van der Waals surface area contributed by atoms with Crippen molar-refractivity contribution in [2.75, 3.05) is 35.5 Å². The minimum Gasteiger partial charge on any atom is -0.493 e. The predicted molar refractivity (Wildman–Crippen MR) is 138 cm³/mol. The number of hydrogen-bond donors (Lipinski definition) is 0. The fourth-order valence-electron chi connectivity index (χ4n) is 3.46. The first kappa shape index (κ1) is 25.4. The Bertz CT molecular complexity index is 1210. The summed E-state index contributed by atoms with van der Waals surface area (Å²) in [6.07, 6.45) is 5.70. The van der Waals surface area contributed by atoms with Gasteiger partial charge in [0.1, 0.15) is 0 Å². The number of carbonyl (C=O) groups excluding carboxylic acids is 1. The third-order valence-electron chi connectivity index (χ3n) is 5.25. The minimum absolute atomic E-state index is 0.0619. The van der Waals surface area contributed by atoms with Crippen LogP contribution in [0.2, 0.25) is 0 Å².